The fraction of sp³-hybridized carbons (Fsp3) is 0.375. The van der Waals surface area contributed by atoms with Gasteiger partial charge in [-0.2, -0.15) is 0 Å². The number of benzene rings is 1. The van der Waals surface area contributed by atoms with Gasteiger partial charge in [-0.05, 0) is 32.9 Å². The van der Waals surface area contributed by atoms with Crippen molar-refractivity contribution in [2.45, 2.75) is 38.8 Å². The van der Waals surface area contributed by atoms with Crippen LogP contribution in [0.5, 0.6) is 0 Å². The molecule has 5 nitrogen and oxygen atoms in total. The van der Waals surface area contributed by atoms with Gasteiger partial charge in [-0.15, -0.1) is 0 Å². The zero-order valence-corrected chi connectivity index (χ0v) is 12.3. The third-order valence-corrected chi connectivity index (χ3v) is 3.92. The Bertz CT molecular complexity index is 634. The molecule has 0 aliphatic carbocycles. The fourth-order valence-corrected chi connectivity index (χ4v) is 2.93. The number of hydrogen-bond acceptors (Lipinski definition) is 5. The van der Waals surface area contributed by atoms with Crippen LogP contribution in [0.25, 0.3) is 0 Å². The topological polar surface area (TPSA) is 58.6 Å². The number of hydrogen-bond donors (Lipinski definition) is 1. The molecule has 0 radical (unpaired) electrons. The predicted molar refractivity (Wildman–Crippen MR) is 78.3 cm³/mol. The van der Waals surface area contributed by atoms with Crippen LogP contribution in [-0.2, 0) is 14.3 Å². The molecular weight excluding hydrogens is 268 g/mol. The molecule has 1 aromatic rings. The Balaban J connectivity index is 1.99. The lowest BCUT2D eigenvalue weighted by molar-refractivity contribution is -0.148. The number of nitrogens with zero attached hydrogens (tertiary/aromatic N) is 1. The minimum absolute atomic E-state index is 0.199. The third kappa shape index (κ3) is 2.18. The maximum Gasteiger partial charge on any atom is 0.380 e. The average molecular weight is 286 g/mol. The average Bonchev–Trinajstić information content (AvgIpc) is 2.87. The lowest BCUT2D eigenvalue weighted by atomic mass is 9.95. The normalized spacial score (nSPS) is 27.8. The molecule has 1 N–H and O–H groups in total. The van der Waals surface area contributed by atoms with Gasteiger partial charge in [0.2, 0.25) is 0 Å². The van der Waals surface area contributed by atoms with Gasteiger partial charge in [0.15, 0.2) is 0 Å². The van der Waals surface area contributed by atoms with Gasteiger partial charge in [0, 0.05) is 12.1 Å². The summed E-state index contributed by atoms with van der Waals surface area (Å²) in [5.41, 5.74) is 5.32. The minimum Gasteiger partial charge on any atom is -0.452 e. The Morgan fingerprint density at radius 1 is 1.24 bits per heavy atom. The highest BCUT2D eigenvalue weighted by atomic mass is 16.6. The molecule has 1 aromatic carbocycles. The van der Waals surface area contributed by atoms with Crippen LogP contribution in [0.15, 0.2) is 41.6 Å². The first-order valence-electron chi connectivity index (χ1n) is 7.00. The number of carbonyl (C=O) groups is 2. The molecule has 0 bridgehead atoms. The monoisotopic (exact) mass is 286 g/mol. The van der Waals surface area contributed by atoms with Crippen LogP contribution >= 0.6 is 0 Å². The summed E-state index contributed by atoms with van der Waals surface area (Å²) in [6.45, 7) is 5.91. The molecule has 2 saturated heterocycles. The number of anilines is 1. The van der Waals surface area contributed by atoms with E-state index in [9.17, 15) is 9.59 Å². The van der Waals surface area contributed by atoms with Crippen molar-refractivity contribution in [2.75, 3.05) is 5.01 Å². The van der Waals surface area contributed by atoms with Gasteiger partial charge in [0.05, 0.1) is 16.8 Å². The summed E-state index contributed by atoms with van der Waals surface area (Å²) >= 11 is 0. The zero-order valence-electron chi connectivity index (χ0n) is 12.3. The summed E-state index contributed by atoms with van der Waals surface area (Å²) in [4.78, 5) is 23.4. The van der Waals surface area contributed by atoms with Gasteiger partial charge < -0.3 is 10.2 Å². The van der Waals surface area contributed by atoms with E-state index in [0.29, 0.717) is 12.0 Å². The molecule has 0 spiro atoms. The van der Waals surface area contributed by atoms with E-state index < -0.39 is 17.9 Å². The number of nitrogens with one attached hydrogen (secondary N) is 1. The molecule has 1 unspecified atom stereocenters. The number of cyclic esters (lactones) is 1. The van der Waals surface area contributed by atoms with E-state index in [1.807, 2.05) is 35.3 Å². The second kappa shape index (κ2) is 4.62. The number of ether oxygens (including phenoxy) is 1. The van der Waals surface area contributed by atoms with Gasteiger partial charge in [-0.3, -0.25) is 9.80 Å². The van der Waals surface area contributed by atoms with Crippen molar-refractivity contribution in [3.05, 3.63) is 41.6 Å². The van der Waals surface area contributed by atoms with E-state index >= 15 is 0 Å². The van der Waals surface area contributed by atoms with E-state index in [4.69, 9.17) is 4.74 Å². The van der Waals surface area contributed by atoms with E-state index in [1.165, 1.54) is 0 Å². The van der Waals surface area contributed by atoms with Crippen molar-refractivity contribution in [3.8, 4) is 0 Å². The molecule has 2 heterocycles. The molecule has 0 saturated carbocycles. The van der Waals surface area contributed by atoms with Crippen LogP contribution < -0.4 is 10.4 Å². The van der Waals surface area contributed by atoms with Crippen molar-refractivity contribution >= 4 is 17.4 Å². The molecule has 3 rings (SSSR count). The van der Waals surface area contributed by atoms with Crippen molar-refractivity contribution in [2.24, 2.45) is 0 Å². The summed E-state index contributed by atoms with van der Waals surface area (Å²) in [5.74, 6) is -1.29. The van der Waals surface area contributed by atoms with Gasteiger partial charge in [0.25, 0.3) is 5.78 Å². The van der Waals surface area contributed by atoms with Crippen LogP contribution in [0.1, 0.15) is 27.2 Å². The van der Waals surface area contributed by atoms with Crippen LogP contribution in [-0.4, -0.2) is 23.4 Å². The number of esters is 1. The maximum atomic E-state index is 12.0. The maximum absolute atomic E-state index is 12.0. The Labute approximate surface area is 123 Å². The molecule has 5 heteroatoms. The van der Waals surface area contributed by atoms with Crippen molar-refractivity contribution in [1.82, 2.24) is 5.43 Å². The summed E-state index contributed by atoms with van der Waals surface area (Å²) < 4.78 is 5.00. The van der Waals surface area contributed by atoms with Gasteiger partial charge in [-0.25, -0.2) is 4.79 Å². The number of carbonyl (C=O) groups excluding carboxylic acids is 2. The quantitative estimate of drug-likeness (QED) is 0.486. The van der Waals surface area contributed by atoms with Crippen molar-refractivity contribution in [1.29, 1.82) is 0 Å². The number of hydrazine groups is 1. The van der Waals surface area contributed by atoms with Gasteiger partial charge in [-0.1, -0.05) is 18.2 Å². The molecule has 0 amide bonds. The highest BCUT2D eigenvalue weighted by molar-refractivity contribution is 6.43. The van der Waals surface area contributed by atoms with Crippen LogP contribution in [0.2, 0.25) is 0 Å². The lowest BCUT2D eigenvalue weighted by Crippen LogP contribution is -2.43. The number of Topliss-reactive ketones (excluding diaryl/α,β-unsaturated/α-hetero) is 1. The predicted octanol–water partition coefficient (Wildman–Crippen LogP) is 1.95. The number of para-hydroxylation sites is 1. The van der Waals surface area contributed by atoms with Gasteiger partial charge in [0.1, 0.15) is 6.10 Å². The first-order chi connectivity index (χ1) is 9.90. The number of ketones is 1. The molecule has 2 aliphatic rings. The standard InChI is InChI=1S/C16H18N2O3/c1-10-13(14(19)15(20)21-10)12-9-16(2,3)18(17-12)11-7-5-4-6-8-11/h4-8,10,17H,9H2,1-3H3/b13-12-. The van der Waals surface area contributed by atoms with E-state index in [2.05, 4.69) is 19.3 Å². The fourth-order valence-electron chi connectivity index (χ4n) is 2.93. The molecule has 21 heavy (non-hydrogen) atoms. The van der Waals surface area contributed by atoms with E-state index in [0.717, 1.165) is 11.4 Å². The second-order valence-electron chi connectivity index (χ2n) is 6.04. The van der Waals surface area contributed by atoms with Crippen molar-refractivity contribution in [3.63, 3.8) is 0 Å². The van der Waals surface area contributed by atoms with Crippen LogP contribution in [0.4, 0.5) is 5.69 Å². The molecule has 110 valence electrons. The lowest BCUT2D eigenvalue weighted by Gasteiger charge is -2.32. The van der Waals surface area contributed by atoms with E-state index in [-0.39, 0.29) is 5.54 Å². The Morgan fingerprint density at radius 3 is 2.48 bits per heavy atom. The molecular formula is C16H18N2O3. The zero-order chi connectivity index (χ0) is 15.2. The molecule has 2 aliphatic heterocycles. The summed E-state index contributed by atoms with van der Waals surface area (Å²) in [6.07, 6.45) is 0.170. The van der Waals surface area contributed by atoms with Crippen LogP contribution in [0.3, 0.4) is 0 Å². The third-order valence-electron chi connectivity index (χ3n) is 3.92. The summed E-state index contributed by atoms with van der Waals surface area (Å²) in [6, 6.07) is 9.90. The Morgan fingerprint density at radius 2 is 1.90 bits per heavy atom. The highest BCUT2D eigenvalue weighted by Crippen LogP contribution is 2.36. The molecule has 0 aromatic heterocycles. The molecule has 1 atom stereocenters. The SMILES string of the molecule is CC1OC(=O)C(=O)/C1=C1/CC(C)(C)N(c2ccccc2)N1. The number of rotatable bonds is 1. The first-order valence-corrected chi connectivity index (χ1v) is 7.00. The highest BCUT2D eigenvalue weighted by Gasteiger charge is 2.43. The summed E-state index contributed by atoms with van der Waals surface area (Å²) in [7, 11) is 0. The van der Waals surface area contributed by atoms with E-state index in [1.54, 1.807) is 6.92 Å². The Hall–Kier alpha value is -2.30. The summed E-state index contributed by atoms with van der Waals surface area (Å²) in [5, 5.41) is 2.03. The minimum atomic E-state index is -0.761. The van der Waals surface area contributed by atoms with Gasteiger partial charge >= 0.3 is 5.97 Å². The largest absolute Gasteiger partial charge is 0.452 e. The van der Waals surface area contributed by atoms with Crippen molar-refractivity contribution < 1.29 is 14.3 Å². The smallest absolute Gasteiger partial charge is 0.380 e. The molecule has 2 fully saturated rings. The second-order valence-corrected chi connectivity index (χ2v) is 6.04. The van der Waals surface area contributed by atoms with Crippen LogP contribution in [0, 0.1) is 0 Å². The first kappa shape index (κ1) is 13.7. The Kier molecular flexibility index (Phi) is 3.01.